The van der Waals surface area contributed by atoms with Crippen LogP contribution in [-0.2, 0) is 17.5 Å². The fourth-order valence-corrected chi connectivity index (χ4v) is 4.29. The first-order valence-corrected chi connectivity index (χ1v) is 11.0. The van der Waals surface area contributed by atoms with Gasteiger partial charge in [-0.2, -0.15) is 18.4 Å². The van der Waals surface area contributed by atoms with Crippen molar-refractivity contribution in [3.8, 4) is 6.07 Å². The van der Waals surface area contributed by atoms with E-state index in [2.05, 4.69) is 26.1 Å². The Hall–Kier alpha value is -3.97. The maximum atomic E-state index is 12.8. The zero-order valence-corrected chi connectivity index (χ0v) is 19.0. The SMILES string of the molecule is Cc1cccc(Cn2c(C)c(/C=C(/C#N)C(=O)Nc3nnc(C(F)(F)F)s3)c3ccccc32)c1. The van der Waals surface area contributed by atoms with Crippen molar-refractivity contribution in [2.45, 2.75) is 26.6 Å². The predicted molar refractivity (Wildman–Crippen MR) is 124 cm³/mol. The number of rotatable bonds is 5. The van der Waals surface area contributed by atoms with E-state index in [1.807, 2.05) is 62.4 Å². The summed E-state index contributed by atoms with van der Waals surface area (Å²) in [6, 6.07) is 17.6. The van der Waals surface area contributed by atoms with Gasteiger partial charge >= 0.3 is 6.18 Å². The van der Waals surface area contributed by atoms with Crippen LogP contribution in [0.3, 0.4) is 0 Å². The van der Waals surface area contributed by atoms with Crippen molar-refractivity contribution in [2.24, 2.45) is 0 Å². The highest BCUT2D eigenvalue weighted by atomic mass is 32.1. The lowest BCUT2D eigenvalue weighted by atomic mass is 10.1. The van der Waals surface area contributed by atoms with Crippen LogP contribution < -0.4 is 5.32 Å². The van der Waals surface area contributed by atoms with Crippen LogP contribution in [0.25, 0.3) is 17.0 Å². The Morgan fingerprint density at radius 1 is 1.18 bits per heavy atom. The first-order valence-electron chi connectivity index (χ1n) is 10.1. The second-order valence-corrected chi connectivity index (χ2v) is 8.60. The van der Waals surface area contributed by atoms with Gasteiger partial charge in [0.25, 0.3) is 5.91 Å². The molecule has 1 amide bonds. The second kappa shape index (κ2) is 9.11. The van der Waals surface area contributed by atoms with Crippen LogP contribution in [0.1, 0.15) is 27.4 Å². The highest BCUT2D eigenvalue weighted by molar-refractivity contribution is 7.15. The molecule has 6 nitrogen and oxygen atoms in total. The number of anilines is 1. The van der Waals surface area contributed by atoms with Crippen molar-refractivity contribution in [2.75, 3.05) is 5.32 Å². The number of halogens is 3. The number of benzene rings is 2. The molecule has 4 rings (SSSR count). The molecule has 172 valence electrons. The molecule has 0 saturated carbocycles. The monoisotopic (exact) mass is 481 g/mol. The normalized spacial score (nSPS) is 12.1. The Kier molecular flexibility index (Phi) is 6.22. The lowest BCUT2D eigenvalue weighted by Crippen LogP contribution is -2.13. The van der Waals surface area contributed by atoms with E-state index in [-0.39, 0.29) is 22.0 Å². The van der Waals surface area contributed by atoms with E-state index < -0.39 is 17.1 Å². The average Bonchev–Trinajstić information content (AvgIpc) is 3.36. The number of nitrogens with zero attached hydrogens (tertiary/aromatic N) is 4. The molecule has 0 unspecified atom stereocenters. The van der Waals surface area contributed by atoms with Crippen LogP contribution in [0.5, 0.6) is 0 Å². The average molecular weight is 482 g/mol. The Morgan fingerprint density at radius 3 is 2.62 bits per heavy atom. The summed E-state index contributed by atoms with van der Waals surface area (Å²) in [5, 5.41) is 17.6. The summed E-state index contributed by atoms with van der Waals surface area (Å²) in [6.45, 7) is 4.52. The van der Waals surface area contributed by atoms with Crippen molar-refractivity contribution in [1.82, 2.24) is 14.8 Å². The van der Waals surface area contributed by atoms with Gasteiger partial charge in [-0.25, -0.2) is 0 Å². The third kappa shape index (κ3) is 4.70. The minimum Gasteiger partial charge on any atom is -0.340 e. The maximum absolute atomic E-state index is 12.8. The molecule has 2 heterocycles. The van der Waals surface area contributed by atoms with E-state index >= 15 is 0 Å². The fourth-order valence-electron chi connectivity index (χ4n) is 3.68. The van der Waals surface area contributed by atoms with E-state index in [0.29, 0.717) is 12.1 Å². The Bertz CT molecular complexity index is 1460. The molecule has 10 heteroatoms. The molecule has 0 aliphatic heterocycles. The van der Waals surface area contributed by atoms with Crippen LogP contribution in [0, 0.1) is 25.2 Å². The number of alkyl halides is 3. The first kappa shape index (κ1) is 23.2. The van der Waals surface area contributed by atoms with Gasteiger partial charge in [-0.3, -0.25) is 10.1 Å². The molecule has 1 N–H and O–H groups in total. The minimum absolute atomic E-state index is 0.195. The van der Waals surface area contributed by atoms with E-state index in [1.165, 1.54) is 6.08 Å². The molecular weight excluding hydrogens is 463 g/mol. The van der Waals surface area contributed by atoms with Crippen LogP contribution >= 0.6 is 11.3 Å². The summed E-state index contributed by atoms with van der Waals surface area (Å²) in [6.07, 6.45) is -3.21. The summed E-state index contributed by atoms with van der Waals surface area (Å²) in [5.41, 5.74) is 4.45. The highest BCUT2D eigenvalue weighted by Crippen LogP contribution is 2.33. The van der Waals surface area contributed by atoms with Crippen LogP contribution in [0.4, 0.5) is 18.3 Å². The fraction of sp³-hybridized carbons (Fsp3) is 0.167. The molecule has 0 bridgehead atoms. The second-order valence-electron chi connectivity index (χ2n) is 7.63. The van der Waals surface area contributed by atoms with Gasteiger partial charge in [0, 0.05) is 28.7 Å². The van der Waals surface area contributed by atoms with E-state index in [1.54, 1.807) is 0 Å². The van der Waals surface area contributed by atoms with Gasteiger partial charge in [0.05, 0.1) is 0 Å². The number of hydrogen-bond donors (Lipinski definition) is 1. The number of aryl methyl sites for hydroxylation is 1. The van der Waals surface area contributed by atoms with Crippen LogP contribution in [0.2, 0.25) is 0 Å². The molecular formula is C24H18F3N5OS. The maximum Gasteiger partial charge on any atom is 0.445 e. The number of hydrogen-bond acceptors (Lipinski definition) is 5. The summed E-state index contributed by atoms with van der Waals surface area (Å²) in [5.74, 6) is -0.859. The van der Waals surface area contributed by atoms with Crippen molar-refractivity contribution in [3.05, 3.63) is 81.5 Å². The summed E-state index contributed by atoms with van der Waals surface area (Å²) in [7, 11) is 0. The number of nitriles is 1. The standard InChI is InChI=1S/C24H18F3N5OS/c1-14-6-5-7-16(10-14)13-32-15(2)19(18-8-3-4-9-20(18)32)11-17(12-28)21(33)29-23-31-30-22(34-23)24(25,26)27/h3-11H,13H2,1-2H3,(H,29,31,33)/b17-11-. The zero-order chi connectivity index (χ0) is 24.5. The molecule has 0 aliphatic carbocycles. The Morgan fingerprint density at radius 2 is 1.94 bits per heavy atom. The number of carbonyl (C=O) groups is 1. The quantitative estimate of drug-likeness (QED) is 0.292. The van der Waals surface area contributed by atoms with E-state index in [9.17, 15) is 23.2 Å². The molecule has 0 spiro atoms. The van der Waals surface area contributed by atoms with Gasteiger partial charge in [0.2, 0.25) is 10.1 Å². The number of fused-ring (bicyclic) bond motifs is 1. The largest absolute Gasteiger partial charge is 0.445 e. The van der Waals surface area contributed by atoms with E-state index in [4.69, 9.17) is 0 Å². The van der Waals surface area contributed by atoms with Crippen molar-refractivity contribution in [1.29, 1.82) is 5.26 Å². The van der Waals surface area contributed by atoms with Gasteiger partial charge in [-0.1, -0.05) is 59.4 Å². The summed E-state index contributed by atoms with van der Waals surface area (Å²) < 4.78 is 40.4. The van der Waals surface area contributed by atoms with E-state index in [0.717, 1.165) is 27.7 Å². The molecule has 2 aromatic heterocycles. The minimum atomic E-state index is -4.66. The molecule has 0 atom stereocenters. The van der Waals surface area contributed by atoms with Gasteiger partial charge < -0.3 is 4.57 Å². The van der Waals surface area contributed by atoms with Crippen molar-refractivity contribution in [3.63, 3.8) is 0 Å². The van der Waals surface area contributed by atoms with Crippen LogP contribution in [0.15, 0.2) is 54.1 Å². The molecule has 0 saturated heterocycles. The third-order valence-corrected chi connectivity index (χ3v) is 6.13. The molecule has 0 fully saturated rings. The lowest BCUT2D eigenvalue weighted by Gasteiger charge is -2.09. The molecule has 2 aromatic carbocycles. The zero-order valence-electron chi connectivity index (χ0n) is 18.1. The Labute approximate surface area is 197 Å². The smallest absolute Gasteiger partial charge is 0.340 e. The topological polar surface area (TPSA) is 83.6 Å². The first-order chi connectivity index (χ1) is 16.2. The van der Waals surface area contributed by atoms with Crippen molar-refractivity contribution < 1.29 is 18.0 Å². The molecule has 0 radical (unpaired) electrons. The van der Waals surface area contributed by atoms with Gasteiger partial charge in [-0.15, -0.1) is 10.2 Å². The number of para-hydroxylation sites is 1. The molecule has 0 aliphatic rings. The number of aromatic nitrogens is 3. The lowest BCUT2D eigenvalue weighted by molar-refractivity contribution is -0.138. The summed E-state index contributed by atoms with van der Waals surface area (Å²) >= 11 is 0.195. The molecule has 34 heavy (non-hydrogen) atoms. The number of carbonyl (C=O) groups excluding carboxylic acids is 1. The van der Waals surface area contributed by atoms with Gasteiger partial charge in [0.1, 0.15) is 11.6 Å². The van der Waals surface area contributed by atoms with Crippen LogP contribution in [-0.4, -0.2) is 20.7 Å². The third-order valence-electron chi connectivity index (χ3n) is 5.24. The number of amides is 1. The van der Waals surface area contributed by atoms with Crippen molar-refractivity contribution >= 4 is 39.4 Å². The Balaban J connectivity index is 1.70. The molecule has 4 aromatic rings. The number of nitrogens with one attached hydrogen (secondary N) is 1. The predicted octanol–water partition coefficient (Wildman–Crippen LogP) is 5.72. The van der Waals surface area contributed by atoms with Gasteiger partial charge in [-0.05, 0) is 31.6 Å². The highest BCUT2D eigenvalue weighted by Gasteiger charge is 2.36. The summed E-state index contributed by atoms with van der Waals surface area (Å²) in [4.78, 5) is 12.6. The van der Waals surface area contributed by atoms with Gasteiger partial charge in [0.15, 0.2) is 0 Å².